The lowest BCUT2D eigenvalue weighted by Gasteiger charge is -2.41. The second kappa shape index (κ2) is 8.26. The highest BCUT2D eigenvalue weighted by Gasteiger charge is 2.37. The molecular formula is C22H23F4N3O. The van der Waals surface area contributed by atoms with E-state index in [0.29, 0.717) is 25.8 Å². The fourth-order valence-electron chi connectivity index (χ4n) is 4.21. The van der Waals surface area contributed by atoms with Gasteiger partial charge in [0, 0.05) is 18.6 Å². The predicted octanol–water partition coefficient (Wildman–Crippen LogP) is 4.17. The van der Waals surface area contributed by atoms with E-state index in [9.17, 15) is 22.4 Å². The average molecular weight is 421 g/mol. The zero-order chi connectivity index (χ0) is 21.3. The molecule has 1 atom stereocenters. The van der Waals surface area contributed by atoms with Crippen LogP contribution in [0.5, 0.6) is 0 Å². The van der Waals surface area contributed by atoms with Crippen LogP contribution in [0.2, 0.25) is 0 Å². The van der Waals surface area contributed by atoms with Crippen molar-refractivity contribution in [1.29, 1.82) is 0 Å². The molecule has 1 heterocycles. The van der Waals surface area contributed by atoms with Gasteiger partial charge >= 0.3 is 12.2 Å². The number of fused-ring (bicyclic) bond motifs is 1. The number of carbonyl (C=O) groups excluding carboxylic acids is 1. The molecule has 4 nitrogen and oxygen atoms in total. The van der Waals surface area contributed by atoms with Gasteiger partial charge < -0.3 is 15.5 Å². The first kappa shape index (κ1) is 20.7. The van der Waals surface area contributed by atoms with Crippen molar-refractivity contribution in [3.05, 3.63) is 71.0 Å². The van der Waals surface area contributed by atoms with Gasteiger partial charge in [-0.15, -0.1) is 0 Å². The summed E-state index contributed by atoms with van der Waals surface area (Å²) in [6.07, 6.45) is -2.60. The molecule has 0 bridgehead atoms. The van der Waals surface area contributed by atoms with Crippen molar-refractivity contribution in [2.45, 2.75) is 43.6 Å². The van der Waals surface area contributed by atoms with E-state index in [2.05, 4.69) is 10.6 Å². The lowest BCUT2D eigenvalue weighted by Crippen LogP contribution is -2.57. The first-order valence-electron chi connectivity index (χ1n) is 10.0. The van der Waals surface area contributed by atoms with Crippen LogP contribution in [-0.2, 0) is 6.42 Å². The van der Waals surface area contributed by atoms with Crippen LogP contribution in [0, 0.1) is 5.82 Å². The Morgan fingerprint density at radius 3 is 2.43 bits per heavy atom. The monoisotopic (exact) mass is 421 g/mol. The van der Waals surface area contributed by atoms with Gasteiger partial charge in [0.2, 0.25) is 0 Å². The Morgan fingerprint density at radius 1 is 1.03 bits per heavy atom. The molecule has 0 unspecified atom stereocenters. The Kier molecular flexibility index (Phi) is 5.69. The maximum atomic E-state index is 13.4. The number of hydrogen-bond acceptors (Lipinski definition) is 2. The third-order valence-electron chi connectivity index (χ3n) is 5.79. The average Bonchev–Trinajstić information content (AvgIpc) is 2.68. The Balaban J connectivity index is 1.45. The molecule has 2 N–H and O–H groups in total. The smallest absolute Gasteiger partial charge is 0.335 e. The minimum absolute atomic E-state index is 0.158. The van der Waals surface area contributed by atoms with Gasteiger partial charge in [-0.25, -0.2) is 9.18 Å². The van der Waals surface area contributed by atoms with E-state index in [1.165, 1.54) is 12.1 Å². The first-order valence-corrected chi connectivity index (χ1v) is 10.0. The second-order valence-corrected chi connectivity index (χ2v) is 7.91. The third kappa shape index (κ3) is 4.59. The number of nitrogens with one attached hydrogen (secondary N) is 2. The van der Waals surface area contributed by atoms with Gasteiger partial charge in [-0.1, -0.05) is 36.4 Å². The van der Waals surface area contributed by atoms with Crippen LogP contribution >= 0.6 is 0 Å². The van der Waals surface area contributed by atoms with E-state index in [1.807, 2.05) is 24.3 Å². The summed E-state index contributed by atoms with van der Waals surface area (Å²) in [5, 5.41) is 5.42. The number of alkyl halides is 3. The van der Waals surface area contributed by atoms with Crippen molar-refractivity contribution in [2.24, 2.45) is 0 Å². The summed E-state index contributed by atoms with van der Waals surface area (Å²) in [7, 11) is 0. The molecule has 0 saturated heterocycles. The van der Waals surface area contributed by atoms with Crippen molar-refractivity contribution in [3.63, 3.8) is 0 Å². The molecular weight excluding hydrogens is 398 g/mol. The number of carbonyl (C=O) groups is 1. The highest BCUT2D eigenvalue weighted by atomic mass is 19.4. The van der Waals surface area contributed by atoms with E-state index in [4.69, 9.17) is 0 Å². The number of nitrogens with zero attached hydrogens (tertiary/aromatic N) is 1. The number of amides is 2. The van der Waals surface area contributed by atoms with Gasteiger partial charge in [0.1, 0.15) is 5.82 Å². The standard InChI is InChI=1S/C22H23F4N3O/c23-16-7-5-15(6-8-16)20-19-4-2-1-3-14(19)9-10-29(20)21(30)28-18-11-17(12-18)27-13-22(24,25)26/h1-8,17-18,20,27H,9-13H2,(H,28,30)/t17-,18-,20-/m0/s1. The Morgan fingerprint density at radius 2 is 1.73 bits per heavy atom. The van der Waals surface area contributed by atoms with Crippen LogP contribution in [0.25, 0.3) is 0 Å². The number of benzene rings is 2. The molecule has 1 aliphatic heterocycles. The molecule has 160 valence electrons. The number of hydrogen-bond donors (Lipinski definition) is 2. The van der Waals surface area contributed by atoms with Crippen molar-refractivity contribution in [2.75, 3.05) is 13.1 Å². The van der Waals surface area contributed by atoms with Crippen molar-refractivity contribution in [3.8, 4) is 0 Å². The second-order valence-electron chi connectivity index (χ2n) is 7.91. The largest absolute Gasteiger partial charge is 0.401 e. The molecule has 2 aromatic rings. The van der Waals surface area contributed by atoms with Crippen LogP contribution in [0.15, 0.2) is 48.5 Å². The molecule has 1 fully saturated rings. The molecule has 0 radical (unpaired) electrons. The van der Waals surface area contributed by atoms with Gasteiger partial charge in [0.15, 0.2) is 0 Å². The highest BCUT2D eigenvalue weighted by molar-refractivity contribution is 5.76. The highest BCUT2D eigenvalue weighted by Crippen LogP contribution is 2.35. The van der Waals surface area contributed by atoms with Crippen molar-refractivity contribution >= 4 is 6.03 Å². The SMILES string of the molecule is O=C(N[C@H]1C[C@H](NCC(F)(F)F)C1)N1CCc2ccccc2[C@@H]1c1ccc(F)cc1. The van der Waals surface area contributed by atoms with Crippen LogP contribution in [0.1, 0.15) is 35.6 Å². The summed E-state index contributed by atoms with van der Waals surface area (Å²) in [6.45, 7) is -0.513. The molecule has 2 amide bonds. The maximum Gasteiger partial charge on any atom is 0.401 e. The van der Waals surface area contributed by atoms with Crippen LogP contribution in [0.3, 0.4) is 0 Å². The van der Waals surface area contributed by atoms with E-state index in [0.717, 1.165) is 16.7 Å². The molecule has 30 heavy (non-hydrogen) atoms. The number of rotatable bonds is 4. The molecule has 2 aliphatic rings. The number of urea groups is 1. The fraction of sp³-hybridized carbons (Fsp3) is 0.409. The molecule has 1 aliphatic carbocycles. The Bertz CT molecular complexity index is 894. The molecule has 0 aromatic heterocycles. The first-order chi connectivity index (χ1) is 14.3. The summed E-state index contributed by atoms with van der Waals surface area (Å²) >= 11 is 0. The minimum atomic E-state index is -4.24. The summed E-state index contributed by atoms with van der Waals surface area (Å²) in [6, 6.07) is 13.0. The summed E-state index contributed by atoms with van der Waals surface area (Å²) < 4.78 is 50.4. The van der Waals surface area contributed by atoms with E-state index < -0.39 is 12.7 Å². The van der Waals surface area contributed by atoms with E-state index in [-0.39, 0.29) is 30.0 Å². The van der Waals surface area contributed by atoms with Crippen molar-refractivity contribution in [1.82, 2.24) is 15.5 Å². The lowest BCUT2D eigenvalue weighted by molar-refractivity contribution is -0.127. The Hall–Kier alpha value is -2.61. The van der Waals surface area contributed by atoms with Crippen LogP contribution in [0.4, 0.5) is 22.4 Å². The number of halogens is 4. The quantitative estimate of drug-likeness (QED) is 0.728. The lowest BCUT2D eigenvalue weighted by atomic mass is 9.86. The topological polar surface area (TPSA) is 44.4 Å². The van der Waals surface area contributed by atoms with Gasteiger partial charge in [-0.05, 0) is 48.1 Å². The third-order valence-corrected chi connectivity index (χ3v) is 5.79. The van der Waals surface area contributed by atoms with E-state index >= 15 is 0 Å². The zero-order valence-electron chi connectivity index (χ0n) is 16.3. The summed E-state index contributed by atoms with van der Waals surface area (Å²) in [4.78, 5) is 14.8. The molecule has 8 heteroatoms. The fourth-order valence-corrected chi connectivity index (χ4v) is 4.21. The van der Waals surface area contributed by atoms with Crippen LogP contribution in [-0.4, -0.2) is 42.3 Å². The van der Waals surface area contributed by atoms with Crippen LogP contribution < -0.4 is 10.6 Å². The molecule has 2 aromatic carbocycles. The molecule has 4 rings (SSSR count). The van der Waals surface area contributed by atoms with Gasteiger partial charge in [0.25, 0.3) is 0 Å². The minimum Gasteiger partial charge on any atom is -0.335 e. The van der Waals surface area contributed by atoms with Crippen molar-refractivity contribution < 1.29 is 22.4 Å². The maximum absolute atomic E-state index is 13.4. The molecule has 0 spiro atoms. The van der Waals surface area contributed by atoms with Gasteiger partial charge in [0.05, 0.1) is 12.6 Å². The normalized spacial score (nSPS) is 23.5. The van der Waals surface area contributed by atoms with E-state index in [1.54, 1.807) is 17.0 Å². The summed E-state index contributed by atoms with van der Waals surface area (Å²) in [5.41, 5.74) is 2.97. The predicted molar refractivity (Wildman–Crippen MR) is 104 cm³/mol. The van der Waals surface area contributed by atoms with Gasteiger partial charge in [-0.3, -0.25) is 0 Å². The Labute approximate surface area is 172 Å². The summed E-state index contributed by atoms with van der Waals surface area (Å²) in [5.74, 6) is -0.342. The zero-order valence-corrected chi connectivity index (χ0v) is 16.3. The van der Waals surface area contributed by atoms with Gasteiger partial charge in [-0.2, -0.15) is 13.2 Å². The molecule has 1 saturated carbocycles.